The molecule has 96 valence electrons. The summed E-state index contributed by atoms with van der Waals surface area (Å²) in [6.45, 7) is 3.77. The zero-order valence-electron chi connectivity index (χ0n) is 10.1. The van der Waals surface area contributed by atoms with Crippen molar-refractivity contribution in [3.05, 3.63) is 11.4 Å². The minimum atomic E-state index is -0.633. The van der Waals surface area contributed by atoms with Crippen molar-refractivity contribution < 1.29 is 14.3 Å². The number of carbonyl (C=O) groups excluding carboxylic acids is 2. The molecule has 0 aliphatic carbocycles. The number of allylic oxidation sites excluding steroid dienone is 1. The number of ether oxygens (including phenoxy) is 1. The van der Waals surface area contributed by atoms with Gasteiger partial charge in [-0.05, 0) is 18.7 Å². The summed E-state index contributed by atoms with van der Waals surface area (Å²) in [6.07, 6.45) is 1.26. The van der Waals surface area contributed by atoms with E-state index >= 15 is 0 Å². The van der Waals surface area contributed by atoms with E-state index in [1.165, 1.54) is 5.37 Å². The molecule has 0 bridgehead atoms. The smallest absolute Gasteiger partial charge is 0.356 e. The molecule has 0 fully saturated rings. The first-order valence-electron chi connectivity index (χ1n) is 5.45. The summed E-state index contributed by atoms with van der Waals surface area (Å²) in [5, 5.41) is 3.85. The number of nitrogens with two attached hydrogens (primary N) is 1. The van der Waals surface area contributed by atoms with Crippen molar-refractivity contribution >= 4 is 29.5 Å². The molecule has 5 nitrogen and oxygen atoms in total. The van der Waals surface area contributed by atoms with E-state index in [-0.39, 0.29) is 30.3 Å². The molecule has 0 spiro atoms. The number of hydrogen-bond acceptors (Lipinski definition) is 5. The third-order valence-electron chi connectivity index (χ3n) is 1.85. The first-order chi connectivity index (χ1) is 8.06. The Morgan fingerprint density at radius 1 is 1.41 bits per heavy atom. The molecule has 0 saturated heterocycles. The van der Waals surface area contributed by atoms with Crippen LogP contribution in [0.5, 0.6) is 0 Å². The average Bonchev–Trinajstić information content (AvgIpc) is 2.26. The summed E-state index contributed by atoms with van der Waals surface area (Å²) in [5.41, 5.74) is 5.87. The Morgan fingerprint density at radius 3 is 2.53 bits per heavy atom. The normalized spacial score (nSPS) is 11.4. The summed E-state index contributed by atoms with van der Waals surface area (Å²) in [4.78, 5) is 23.0. The Kier molecular flexibility index (Phi) is 7.96. The van der Waals surface area contributed by atoms with Gasteiger partial charge in [0.05, 0.1) is 6.61 Å². The quantitative estimate of drug-likeness (QED) is 0.405. The number of hydrogen-bond donors (Lipinski definition) is 2. The van der Waals surface area contributed by atoms with Crippen LogP contribution in [0.15, 0.2) is 11.4 Å². The highest BCUT2D eigenvalue weighted by Gasteiger charge is 2.17. The fraction of sp³-hybridized carbons (Fsp3) is 0.545. The maximum Gasteiger partial charge on any atom is 0.356 e. The van der Waals surface area contributed by atoms with Gasteiger partial charge in [0.2, 0.25) is 5.91 Å². The van der Waals surface area contributed by atoms with E-state index in [4.69, 9.17) is 10.5 Å². The molecule has 0 atom stereocenters. The van der Waals surface area contributed by atoms with Crippen molar-refractivity contribution in [2.75, 3.05) is 6.61 Å². The Labute approximate surface area is 106 Å². The molecule has 0 radical (unpaired) electrons. The standard InChI is InChI=1S/C11H18N2O3S/c1-3-5-9(14)13-10(8(12)6-7-17)11(15)16-4-2/h7H,3-6,12H2,1-2H3,(H,13,14)/b10-8-. The molecule has 0 aromatic carbocycles. The molecule has 0 rings (SSSR count). The largest absolute Gasteiger partial charge is 0.461 e. The fourth-order valence-electron chi connectivity index (χ4n) is 1.09. The lowest BCUT2D eigenvalue weighted by Crippen LogP contribution is -2.31. The fourth-order valence-corrected chi connectivity index (χ4v) is 1.27. The molecule has 17 heavy (non-hydrogen) atoms. The lowest BCUT2D eigenvalue weighted by molar-refractivity contribution is -0.140. The van der Waals surface area contributed by atoms with Crippen molar-refractivity contribution in [1.82, 2.24) is 5.32 Å². The molecule has 0 heterocycles. The first kappa shape index (κ1) is 15.6. The molecule has 0 unspecified atom stereocenters. The molecule has 0 aliphatic heterocycles. The van der Waals surface area contributed by atoms with Gasteiger partial charge in [-0.1, -0.05) is 19.1 Å². The van der Waals surface area contributed by atoms with E-state index in [1.807, 2.05) is 6.92 Å². The van der Waals surface area contributed by atoms with Crippen LogP contribution < -0.4 is 11.1 Å². The van der Waals surface area contributed by atoms with Crippen molar-refractivity contribution in [2.45, 2.75) is 33.1 Å². The average molecular weight is 258 g/mol. The first-order valence-corrected chi connectivity index (χ1v) is 5.93. The van der Waals surface area contributed by atoms with E-state index in [0.717, 1.165) is 0 Å². The van der Waals surface area contributed by atoms with Gasteiger partial charge in [-0.3, -0.25) is 4.79 Å². The third-order valence-corrected chi connectivity index (χ3v) is 2.01. The highest BCUT2D eigenvalue weighted by Crippen LogP contribution is 2.03. The zero-order chi connectivity index (χ0) is 13.3. The summed E-state index contributed by atoms with van der Waals surface area (Å²) < 4.78 is 4.81. The van der Waals surface area contributed by atoms with Crippen LogP contribution in [-0.4, -0.2) is 23.9 Å². The van der Waals surface area contributed by atoms with Gasteiger partial charge in [-0.15, -0.1) is 0 Å². The van der Waals surface area contributed by atoms with Gasteiger partial charge >= 0.3 is 5.97 Å². The molecule has 0 aliphatic rings. The van der Waals surface area contributed by atoms with E-state index in [9.17, 15) is 9.59 Å². The van der Waals surface area contributed by atoms with E-state index in [2.05, 4.69) is 17.5 Å². The summed E-state index contributed by atoms with van der Waals surface area (Å²) in [5.74, 6) is -0.894. The molecule has 1 amide bonds. The highest BCUT2D eigenvalue weighted by molar-refractivity contribution is 7.79. The summed E-state index contributed by atoms with van der Waals surface area (Å²) in [6, 6.07) is 0. The molecule has 3 N–H and O–H groups in total. The summed E-state index contributed by atoms with van der Waals surface area (Å²) >= 11 is 4.66. The lowest BCUT2D eigenvalue weighted by Gasteiger charge is -2.11. The molecule has 0 saturated carbocycles. The number of carbonyl (C=O) groups is 2. The second kappa shape index (κ2) is 8.69. The number of amides is 1. The van der Waals surface area contributed by atoms with Gasteiger partial charge < -0.3 is 15.8 Å². The number of rotatable bonds is 7. The summed E-state index contributed by atoms with van der Waals surface area (Å²) in [7, 11) is 0. The van der Waals surface area contributed by atoms with E-state index in [1.54, 1.807) is 6.92 Å². The monoisotopic (exact) mass is 258 g/mol. The van der Waals surface area contributed by atoms with Crippen molar-refractivity contribution in [2.24, 2.45) is 5.73 Å². The molecule has 6 heteroatoms. The van der Waals surface area contributed by atoms with Crippen LogP contribution in [0.25, 0.3) is 0 Å². The van der Waals surface area contributed by atoms with E-state index in [0.29, 0.717) is 12.8 Å². The van der Waals surface area contributed by atoms with Crippen LogP contribution in [-0.2, 0) is 14.3 Å². The minimum Gasteiger partial charge on any atom is -0.461 e. The Bertz CT molecular complexity index is 327. The maximum absolute atomic E-state index is 11.6. The van der Waals surface area contributed by atoms with E-state index < -0.39 is 5.97 Å². The van der Waals surface area contributed by atoms with Gasteiger partial charge in [-0.25, -0.2) is 4.79 Å². The molecule has 0 aromatic rings. The van der Waals surface area contributed by atoms with Crippen molar-refractivity contribution in [3.8, 4) is 0 Å². The number of esters is 1. The van der Waals surface area contributed by atoms with Crippen LogP contribution >= 0.6 is 12.2 Å². The Balaban J connectivity index is 4.85. The van der Waals surface area contributed by atoms with Gasteiger partial charge in [0.25, 0.3) is 0 Å². The van der Waals surface area contributed by atoms with Gasteiger partial charge in [-0.2, -0.15) is 0 Å². The van der Waals surface area contributed by atoms with Crippen LogP contribution in [0.2, 0.25) is 0 Å². The second-order valence-corrected chi connectivity index (χ2v) is 3.62. The highest BCUT2D eigenvalue weighted by atomic mass is 32.1. The number of nitrogens with one attached hydrogen (secondary N) is 1. The zero-order valence-corrected chi connectivity index (χ0v) is 10.9. The SMILES string of the molecule is CCCC(=O)N/C(C(=O)OCC)=C(\N)CC=S. The second-order valence-electron chi connectivity index (χ2n) is 3.29. The van der Waals surface area contributed by atoms with Crippen LogP contribution in [0.3, 0.4) is 0 Å². The maximum atomic E-state index is 11.6. The van der Waals surface area contributed by atoms with Crippen LogP contribution in [0, 0.1) is 0 Å². The molecular weight excluding hydrogens is 240 g/mol. The Hall–Kier alpha value is -1.43. The minimum absolute atomic E-state index is 0.00796. The molecule has 0 aromatic heterocycles. The van der Waals surface area contributed by atoms with Gasteiger partial charge in [0.1, 0.15) is 5.70 Å². The van der Waals surface area contributed by atoms with Gasteiger partial charge in [0, 0.05) is 18.5 Å². The third kappa shape index (κ3) is 6.01. The Morgan fingerprint density at radius 2 is 2.06 bits per heavy atom. The van der Waals surface area contributed by atoms with Crippen molar-refractivity contribution in [3.63, 3.8) is 0 Å². The topological polar surface area (TPSA) is 81.4 Å². The van der Waals surface area contributed by atoms with Crippen molar-refractivity contribution in [1.29, 1.82) is 0 Å². The lowest BCUT2D eigenvalue weighted by atomic mass is 10.2. The van der Waals surface area contributed by atoms with Gasteiger partial charge in [0.15, 0.2) is 0 Å². The predicted octanol–water partition coefficient (Wildman–Crippen LogP) is 1.03. The van der Waals surface area contributed by atoms with Crippen LogP contribution in [0.1, 0.15) is 33.1 Å². The predicted molar refractivity (Wildman–Crippen MR) is 69.2 cm³/mol. The number of thiocarbonyl (C=S) groups is 1. The van der Waals surface area contributed by atoms with Crippen LogP contribution in [0.4, 0.5) is 0 Å². The molecular formula is C11H18N2O3S.